The summed E-state index contributed by atoms with van der Waals surface area (Å²) in [5, 5.41) is 11.2. The summed E-state index contributed by atoms with van der Waals surface area (Å²) >= 11 is 25.0. The van der Waals surface area contributed by atoms with Crippen molar-refractivity contribution in [1.29, 1.82) is 5.26 Å². The lowest BCUT2D eigenvalue weighted by Gasteiger charge is -2.12. The molecule has 0 aliphatic carbocycles. The van der Waals surface area contributed by atoms with Crippen molar-refractivity contribution in [3.8, 4) is 28.6 Å². The van der Waals surface area contributed by atoms with Gasteiger partial charge < -0.3 is 0 Å². The van der Waals surface area contributed by atoms with Crippen molar-refractivity contribution in [3.63, 3.8) is 0 Å². The molecule has 6 heteroatoms. The first-order valence-corrected chi connectivity index (χ1v) is 8.34. The molecule has 0 bridgehead atoms. The number of nitriles is 1. The maximum Gasteiger partial charge on any atom is 0.101 e. The number of aromatic nitrogens is 1. The van der Waals surface area contributed by atoms with Gasteiger partial charge in [0.15, 0.2) is 0 Å². The van der Waals surface area contributed by atoms with Gasteiger partial charge >= 0.3 is 0 Å². The van der Waals surface area contributed by atoms with Gasteiger partial charge in [-0.3, -0.25) is 0 Å². The zero-order chi connectivity index (χ0) is 17.3. The first-order valence-electron chi connectivity index (χ1n) is 6.83. The van der Waals surface area contributed by atoms with Crippen LogP contribution in [0.15, 0.2) is 48.5 Å². The highest BCUT2D eigenvalue weighted by atomic mass is 35.5. The van der Waals surface area contributed by atoms with Gasteiger partial charge in [-0.15, -0.1) is 0 Å². The molecule has 0 spiro atoms. The van der Waals surface area contributed by atoms with E-state index in [1.54, 1.807) is 48.5 Å². The summed E-state index contributed by atoms with van der Waals surface area (Å²) in [7, 11) is 0. The molecule has 0 amide bonds. The minimum Gasteiger partial charge on any atom is -0.246 e. The third-order valence-electron chi connectivity index (χ3n) is 3.43. The molecule has 0 unspecified atom stereocenters. The fourth-order valence-electron chi connectivity index (χ4n) is 2.35. The molecule has 0 fully saturated rings. The Labute approximate surface area is 159 Å². The molecule has 0 radical (unpaired) electrons. The molecule has 1 aromatic heterocycles. The van der Waals surface area contributed by atoms with Gasteiger partial charge in [0, 0.05) is 11.1 Å². The number of hydrogen-bond acceptors (Lipinski definition) is 2. The maximum atomic E-state index is 9.40. The molecular formula is C18H8Cl4N2. The third-order valence-corrected chi connectivity index (χ3v) is 4.69. The van der Waals surface area contributed by atoms with E-state index < -0.39 is 0 Å². The van der Waals surface area contributed by atoms with Gasteiger partial charge in [0.2, 0.25) is 0 Å². The Morgan fingerprint density at radius 1 is 0.708 bits per heavy atom. The van der Waals surface area contributed by atoms with Crippen LogP contribution in [0.3, 0.4) is 0 Å². The number of nitrogens with zero attached hydrogens (tertiary/aromatic N) is 2. The molecule has 0 saturated carbocycles. The van der Waals surface area contributed by atoms with E-state index in [9.17, 15) is 5.26 Å². The smallest absolute Gasteiger partial charge is 0.101 e. The van der Waals surface area contributed by atoms with Crippen LogP contribution in [0.5, 0.6) is 0 Å². The van der Waals surface area contributed by atoms with Crippen LogP contribution >= 0.6 is 46.4 Å². The average Bonchev–Trinajstić information content (AvgIpc) is 2.55. The van der Waals surface area contributed by atoms with E-state index in [2.05, 4.69) is 11.1 Å². The lowest BCUT2D eigenvalue weighted by molar-refractivity contribution is 1.30. The summed E-state index contributed by atoms with van der Waals surface area (Å²) in [6, 6.07) is 15.8. The quantitative estimate of drug-likeness (QED) is 0.474. The van der Waals surface area contributed by atoms with Crippen LogP contribution in [0, 0.1) is 11.3 Å². The van der Waals surface area contributed by atoms with Crippen molar-refractivity contribution in [3.05, 3.63) is 74.2 Å². The molecule has 118 valence electrons. The molecule has 0 saturated heterocycles. The summed E-state index contributed by atoms with van der Waals surface area (Å²) in [6.45, 7) is 0. The zero-order valence-electron chi connectivity index (χ0n) is 12.0. The van der Waals surface area contributed by atoms with Gasteiger partial charge in [-0.1, -0.05) is 58.5 Å². The van der Waals surface area contributed by atoms with Crippen LogP contribution in [0.2, 0.25) is 20.1 Å². The zero-order valence-corrected chi connectivity index (χ0v) is 15.0. The summed E-state index contributed by atoms with van der Waals surface area (Å²) in [6.07, 6.45) is 0. The molecule has 0 aliphatic rings. The summed E-state index contributed by atoms with van der Waals surface area (Å²) in [5.41, 5.74) is 2.38. The maximum absolute atomic E-state index is 9.40. The van der Waals surface area contributed by atoms with E-state index in [4.69, 9.17) is 46.4 Å². The molecular weight excluding hydrogens is 386 g/mol. The molecule has 0 aliphatic heterocycles. The SMILES string of the molecule is N#Cc1ccc(-c2c(Cl)cccc2Cl)nc1-c1c(Cl)cccc1Cl. The van der Waals surface area contributed by atoms with E-state index >= 15 is 0 Å². The lowest BCUT2D eigenvalue weighted by Crippen LogP contribution is -1.95. The van der Waals surface area contributed by atoms with E-state index in [1.807, 2.05) is 0 Å². The van der Waals surface area contributed by atoms with Gasteiger partial charge in [-0.25, -0.2) is 4.98 Å². The van der Waals surface area contributed by atoms with Gasteiger partial charge in [0.1, 0.15) is 6.07 Å². The van der Waals surface area contributed by atoms with Crippen molar-refractivity contribution < 1.29 is 0 Å². The highest BCUT2D eigenvalue weighted by molar-refractivity contribution is 6.40. The van der Waals surface area contributed by atoms with Crippen molar-refractivity contribution in [2.24, 2.45) is 0 Å². The molecule has 0 atom stereocenters. The normalized spacial score (nSPS) is 10.5. The molecule has 2 aromatic carbocycles. The number of rotatable bonds is 2. The number of halogens is 4. The van der Waals surface area contributed by atoms with E-state index in [1.165, 1.54) is 0 Å². The second-order valence-electron chi connectivity index (χ2n) is 4.90. The van der Waals surface area contributed by atoms with Crippen molar-refractivity contribution in [1.82, 2.24) is 4.98 Å². The van der Waals surface area contributed by atoms with Crippen LogP contribution in [-0.2, 0) is 0 Å². The second kappa shape index (κ2) is 7.01. The highest BCUT2D eigenvalue weighted by Crippen LogP contribution is 2.39. The Kier molecular flexibility index (Phi) is 4.99. The largest absolute Gasteiger partial charge is 0.246 e. The number of hydrogen-bond donors (Lipinski definition) is 0. The second-order valence-corrected chi connectivity index (χ2v) is 6.53. The molecule has 1 heterocycles. The molecule has 3 rings (SSSR count). The molecule has 0 N–H and O–H groups in total. The van der Waals surface area contributed by atoms with Crippen LogP contribution in [-0.4, -0.2) is 4.98 Å². The minimum absolute atomic E-state index is 0.358. The topological polar surface area (TPSA) is 36.7 Å². The minimum atomic E-state index is 0.358. The average molecular weight is 394 g/mol. The van der Waals surface area contributed by atoms with Gasteiger partial charge in [-0.2, -0.15) is 5.26 Å². The van der Waals surface area contributed by atoms with E-state index in [0.29, 0.717) is 48.2 Å². The Bertz CT molecular complexity index is 937. The monoisotopic (exact) mass is 392 g/mol. The van der Waals surface area contributed by atoms with Crippen molar-refractivity contribution in [2.45, 2.75) is 0 Å². The van der Waals surface area contributed by atoms with E-state index in [0.717, 1.165) is 0 Å². The van der Waals surface area contributed by atoms with Crippen molar-refractivity contribution in [2.75, 3.05) is 0 Å². The first kappa shape index (κ1) is 17.1. The summed E-state index contributed by atoms with van der Waals surface area (Å²) in [4.78, 5) is 4.57. The Morgan fingerprint density at radius 2 is 1.21 bits per heavy atom. The van der Waals surface area contributed by atoms with Gasteiger partial charge in [0.25, 0.3) is 0 Å². The Hall–Kier alpha value is -1.76. The standard InChI is InChI=1S/C18H8Cl4N2/c19-11-3-1-4-12(20)16(11)15-8-7-10(9-23)18(24-15)17-13(21)5-2-6-14(17)22/h1-8H. The lowest BCUT2D eigenvalue weighted by atomic mass is 10.0. The fourth-order valence-corrected chi connectivity index (χ4v) is 3.51. The highest BCUT2D eigenvalue weighted by Gasteiger charge is 2.17. The summed E-state index contributed by atoms with van der Waals surface area (Å²) in [5.74, 6) is 0. The molecule has 24 heavy (non-hydrogen) atoms. The first-order chi connectivity index (χ1) is 11.5. The Balaban J connectivity index is 2.30. The third kappa shape index (κ3) is 3.09. The van der Waals surface area contributed by atoms with E-state index in [-0.39, 0.29) is 0 Å². The van der Waals surface area contributed by atoms with Gasteiger partial charge in [-0.05, 0) is 36.4 Å². The van der Waals surface area contributed by atoms with Crippen LogP contribution in [0.1, 0.15) is 5.56 Å². The predicted molar refractivity (Wildman–Crippen MR) is 99.9 cm³/mol. The molecule has 3 aromatic rings. The molecule has 2 nitrogen and oxygen atoms in total. The fraction of sp³-hybridized carbons (Fsp3) is 0. The number of pyridine rings is 1. The van der Waals surface area contributed by atoms with Crippen molar-refractivity contribution >= 4 is 46.4 Å². The van der Waals surface area contributed by atoms with Crippen LogP contribution in [0.25, 0.3) is 22.5 Å². The van der Waals surface area contributed by atoms with Crippen LogP contribution < -0.4 is 0 Å². The van der Waals surface area contributed by atoms with Gasteiger partial charge in [0.05, 0.1) is 37.0 Å². The number of benzene rings is 2. The Morgan fingerprint density at radius 3 is 1.71 bits per heavy atom. The predicted octanol–water partition coefficient (Wildman–Crippen LogP) is 6.90. The van der Waals surface area contributed by atoms with Crippen LogP contribution in [0.4, 0.5) is 0 Å². The summed E-state index contributed by atoms with van der Waals surface area (Å²) < 4.78 is 0.